The van der Waals surface area contributed by atoms with Crippen molar-refractivity contribution >= 4 is 23.3 Å². The Balaban J connectivity index is 1.53. The van der Waals surface area contributed by atoms with Gasteiger partial charge in [-0.25, -0.2) is 4.79 Å². The average molecular weight is 387 g/mol. The van der Waals surface area contributed by atoms with Gasteiger partial charge in [-0.1, -0.05) is 43.0 Å². The lowest BCUT2D eigenvalue weighted by molar-refractivity contribution is 0.162. The molecule has 0 saturated heterocycles. The number of amides is 2. The molecule has 5 nitrogen and oxygen atoms in total. The molecule has 1 N–H and O–H groups in total. The van der Waals surface area contributed by atoms with Crippen LogP contribution in [0.5, 0.6) is 11.5 Å². The number of benzene rings is 2. The lowest BCUT2D eigenvalue weighted by Gasteiger charge is -2.34. The Labute approximate surface area is 164 Å². The molecule has 0 radical (unpaired) electrons. The molecule has 2 amide bonds. The van der Waals surface area contributed by atoms with Gasteiger partial charge in [-0.2, -0.15) is 0 Å². The summed E-state index contributed by atoms with van der Waals surface area (Å²) in [5.41, 5.74) is 1.74. The molecular formula is C21H23ClN2O3. The first kappa shape index (κ1) is 18.0. The Morgan fingerprint density at radius 1 is 1.07 bits per heavy atom. The maximum atomic E-state index is 13.1. The number of carbonyl (C=O) groups excluding carboxylic acids is 1. The molecule has 27 heavy (non-hydrogen) atoms. The average Bonchev–Trinajstić information content (AvgIpc) is 3.14. The maximum Gasteiger partial charge on any atom is 0.322 e. The number of fused-ring (bicyclic) bond motifs is 1. The fourth-order valence-electron chi connectivity index (χ4n) is 3.76. The number of hydrogen-bond acceptors (Lipinski definition) is 3. The van der Waals surface area contributed by atoms with E-state index < -0.39 is 0 Å². The second-order valence-corrected chi connectivity index (χ2v) is 7.48. The van der Waals surface area contributed by atoms with E-state index in [1.165, 1.54) is 6.42 Å². The van der Waals surface area contributed by atoms with E-state index in [9.17, 15) is 4.79 Å². The summed E-state index contributed by atoms with van der Waals surface area (Å²) in [6.07, 6.45) is 5.63. The van der Waals surface area contributed by atoms with E-state index in [1.807, 2.05) is 35.2 Å². The Morgan fingerprint density at radius 3 is 2.70 bits per heavy atom. The molecule has 1 heterocycles. The minimum absolute atomic E-state index is 0.0955. The van der Waals surface area contributed by atoms with E-state index in [4.69, 9.17) is 21.1 Å². The summed E-state index contributed by atoms with van der Waals surface area (Å²) in [5.74, 6) is 1.50. The molecule has 0 atom stereocenters. The van der Waals surface area contributed by atoms with Gasteiger partial charge in [0, 0.05) is 23.3 Å². The van der Waals surface area contributed by atoms with Crippen LogP contribution in [0, 0.1) is 0 Å². The van der Waals surface area contributed by atoms with Gasteiger partial charge in [0.1, 0.15) is 0 Å². The van der Waals surface area contributed by atoms with Gasteiger partial charge >= 0.3 is 6.03 Å². The first-order valence-corrected chi connectivity index (χ1v) is 9.78. The van der Waals surface area contributed by atoms with Crippen molar-refractivity contribution < 1.29 is 14.3 Å². The standard InChI is InChI=1S/C21H23ClN2O3/c22-16-5-4-6-17(12-16)23-21(25)24(18-7-2-1-3-8-18)13-15-9-10-19-20(11-15)27-14-26-19/h4-6,9-12,18H,1-3,7-8,13-14H2,(H,23,25). The van der Waals surface area contributed by atoms with E-state index in [1.54, 1.807) is 12.1 Å². The van der Waals surface area contributed by atoms with E-state index in [2.05, 4.69) is 5.32 Å². The van der Waals surface area contributed by atoms with E-state index in [0.29, 0.717) is 17.3 Å². The van der Waals surface area contributed by atoms with Crippen molar-refractivity contribution in [2.45, 2.75) is 44.7 Å². The van der Waals surface area contributed by atoms with Crippen LogP contribution in [0.15, 0.2) is 42.5 Å². The molecule has 0 bridgehead atoms. The molecule has 4 rings (SSSR count). The smallest absolute Gasteiger partial charge is 0.322 e. The number of urea groups is 1. The van der Waals surface area contributed by atoms with Gasteiger partial charge in [-0.3, -0.25) is 0 Å². The van der Waals surface area contributed by atoms with Crippen LogP contribution < -0.4 is 14.8 Å². The van der Waals surface area contributed by atoms with Crippen molar-refractivity contribution in [3.63, 3.8) is 0 Å². The number of rotatable bonds is 4. The topological polar surface area (TPSA) is 50.8 Å². The van der Waals surface area contributed by atoms with Crippen molar-refractivity contribution in [2.24, 2.45) is 0 Å². The molecule has 0 spiro atoms. The van der Waals surface area contributed by atoms with Crippen LogP contribution in [0.25, 0.3) is 0 Å². The lowest BCUT2D eigenvalue weighted by Crippen LogP contribution is -2.43. The minimum Gasteiger partial charge on any atom is -0.454 e. The summed E-state index contributed by atoms with van der Waals surface area (Å²) < 4.78 is 10.9. The summed E-state index contributed by atoms with van der Waals surface area (Å²) in [6.45, 7) is 0.786. The summed E-state index contributed by atoms with van der Waals surface area (Å²) in [4.78, 5) is 15.0. The number of ether oxygens (including phenoxy) is 2. The van der Waals surface area contributed by atoms with Gasteiger partial charge in [-0.15, -0.1) is 0 Å². The summed E-state index contributed by atoms with van der Waals surface area (Å²) in [6, 6.07) is 13.3. The zero-order valence-electron chi connectivity index (χ0n) is 15.1. The molecule has 2 aliphatic rings. The van der Waals surface area contributed by atoms with Crippen molar-refractivity contribution in [2.75, 3.05) is 12.1 Å². The molecule has 0 aromatic heterocycles. The van der Waals surface area contributed by atoms with E-state index in [-0.39, 0.29) is 18.9 Å². The normalized spacial score (nSPS) is 16.2. The van der Waals surface area contributed by atoms with Gasteiger partial charge in [0.2, 0.25) is 6.79 Å². The Morgan fingerprint density at radius 2 is 1.89 bits per heavy atom. The van der Waals surface area contributed by atoms with Crippen molar-refractivity contribution in [3.8, 4) is 11.5 Å². The second kappa shape index (κ2) is 8.09. The fraction of sp³-hybridized carbons (Fsp3) is 0.381. The lowest BCUT2D eigenvalue weighted by atomic mass is 9.94. The number of hydrogen-bond donors (Lipinski definition) is 1. The van der Waals surface area contributed by atoms with Crippen LogP contribution in [-0.2, 0) is 6.54 Å². The maximum absolute atomic E-state index is 13.1. The third kappa shape index (κ3) is 4.30. The van der Waals surface area contributed by atoms with Crippen LogP contribution in [-0.4, -0.2) is 23.8 Å². The van der Waals surface area contributed by atoms with Gasteiger partial charge in [0.05, 0.1) is 0 Å². The zero-order valence-corrected chi connectivity index (χ0v) is 15.9. The Hall–Kier alpha value is -2.40. The van der Waals surface area contributed by atoms with Crippen LogP contribution in [0.1, 0.15) is 37.7 Å². The summed E-state index contributed by atoms with van der Waals surface area (Å²) in [7, 11) is 0. The molecule has 1 aliphatic carbocycles. The number of nitrogens with one attached hydrogen (secondary N) is 1. The highest BCUT2D eigenvalue weighted by molar-refractivity contribution is 6.30. The molecule has 1 fully saturated rings. The molecular weight excluding hydrogens is 364 g/mol. The third-order valence-electron chi connectivity index (χ3n) is 5.14. The molecule has 1 saturated carbocycles. The number of halogens is 1. The van der Waals surface area contributed by atoms with Gasteiger partial charge in [0.25, 0.3) is 0 Å². The number of nitrogens with zero attached hydrogens (tertiary/aromatic N) is 1. The minimum atomic E-state index is -0.0955. The Kier molecular flexibility index (Phi) is 5.39. The predicted molar refractivity (Wildman–Crippen MR) is 105 cm³/mol. The second-order valence-electron chi connectivity index (χ2n) is 7.05. The number of carbonyl (C=O) groups is 1. The first-order chi connectivity index (χ1) is 13.2. The monoisotopic (exact) mass is 386 g/mol. The Bertz CT molecular complexity index is 821. The number of anilines is 1. The van der Waals surface area contributed by atoms with E-state index >= 15 is 0 Å². The molecule has 1 aliphatic heterocycles. The highest BCUT2D eigenvalue weighted by Crippen LogP contribution is 2.33. The highest BCUT2D eigenvalue weighted by atomic mass is 35.5. The summed E-state index contributed by atoms with van der Waals surface area (Å²) in [5, 5.41) is 3.60. The fourth-order valence-corrected chi connectivity index (χ4v) is 3.95. The quantitative estimate of drug-likeness (QED) is 0.761. The van der Waals surface area contributed by atoms with Crippen molar-refractivity contribution in [1.29, 1.82) is 0 Å². The van der Waals surface area contributed by atoms with Gasteiger partial charge in [0.15, 0.2) is 11.5 Å². The predicted octanol–water partition coefficient (Wildman–Crippen LogP) is 5.44. The zero-order chi connectivity index (χ0) is 18.6. The molecule has 0 unspecified atom stereocenters. The summed E-state index contributed by atoms with van der Waals surface area (Å²) >= 11 is 6.05. The molecule has 2 aromatic carbocycles. The van der Waals surface area contributed by atoms with E-state index in [0.717, 1.165) is 42.7 Å². The first-order valence-electron chi connectivity index (χ1n) is 9.41. The van der Waals surface area contributed by atoms with Crippen LogP contribution in [0.2, 0.25) is 5.02 Å². The largest absolute Gasteiger partial charge is 0.454 e. The van der Waals surface area contributed by atoms with Crippen LogP contribution in [0.4, 0.5) is 10.5 Å². The molecule has 142 valence electrons. The molecule has 2 aromatic rings. The van der Waals surface area contributed by atoms with Crippen molar-refractivity contribution in [3.05, 3.63) is 53.1 Å². The van der Waals surface area contributed by atoms with Crippen LogP contribution >= 0.6 is 11.6 Å². The van der Waals surface area contributed by atoms with Crippen LogP contribution in [0.3, 0.4) is 0 Å². The SMILES string of the molecule is O=C(Nc1cccc(Cl)c1)N(Cc1ccc2c(c1)OCO2)C1CCCCC1. The van der Waals surface area contributed by atoms with Gasteiger partial charge in [-0.05, 0) is 48.7 Å². The van der Waals surface area contributed by atoms with Gasteiger partial charge < -0.3 is 19.7 Å². The third-order valence-corrected chi connectivity index (χ3v) is 5.38. The molecule has 6 heteroatoms. The highest BCUT2D eigenvalue weighted by Gasteiger charge is 2.26. The van der Waals surface area contributed by atoms with Crippen molar-refractivity contribution in [1.82, 2.24) is 4.90 Å².